The molecular formula is C30H27ClN6O2. The van der Waals surface area contributed by atoms with E-state index in [1.54, 1.807) is 4.52 Å². The van der Waals surface area contributed by atoms with Gasteiger partial charge in [0.05, 0.1) is 11.6 Å². The van der Waals surface area contributed by atoms with Gasteiger partial charge >= 0.3 is 0 Å². The predicted molar refractivity (Wildman–Crippen MR) is 151 cm³/mol. The topological polar surface area (TPSA) is 84.5 Å². The van der Waals surface area contributed by atoms with Crippen LogP contribution < -0.4 is 5.32 Å². The van der Waals surface area contributed by atoms with E-state index in [9.17, 15) is 9.59 Å². The third kappa shape index (κ3) is 4.34. The molecule has 0 radical (unpaired) electrons. The highest BCUT2D eigenvalue weighted by atomic mass is 35.5. The maximum absolute atomic E-state index is 13.9. The Kier molecular flexibility index (Phi) is 5.66. The minimum Gasteiger partial charge on any atom is -0.350 e. The number of nitrogens with zero attached hydrogens (tertiary/aromatic N) is 5. The molecule has 1 aliphatic heterocycles. The first-order valence-corrected chi connectivity index (χ1v) is 13.7. The van der Waals surface area contributed by atoms with Crippen molar-refractivity contribution in [3.8, 4) is 11.1 Å². The number of aromatic nitrogens is 4. The molecule has 9 heteroatoms. The number of carbonyl (C=O) groups is 2. The number of anilines is 1. The van der Waals surface area contributed by atoms with E-state index in [-0.39, 0.29) is 23.8 Å². The number of hydrogen-bond donors (Lipinski definition) is 1. The molecular weight excluding hydrogens is 512 g/mol. The lowest BCUT2D eigenvalue weighted by molar-refractivity contribution is -0.117. The largest absolute Gasteiger partial charge is 0.350 e. The summed E-state index contributed by atoms with van der Waals surface area (Å²) in [5.41, 5.74) is 5.39. The summed E-state index contributed by atoms with van der Waals surface area (Å²) in [6, 6.07) is 18.0. The van der Waals surface area contributed by atoms with Gasteiger partial charge in [0, 0.05) is 47.8 Å². The van der Waals surface area contributed by atoms with Crippen molar-refractivity contribution in [3.05, 3.63) is 83.1 Å². The molecule has 1 N–H and O–H groups in total. The molecule has 4 heterocycles. The summed E-state index contributed by atoms with van der Waals surface area (Å²) in [6.45, 7) is 0.728. The molecule has 1 saturated carbocycles. The molecule has 1 saturated heterocycles. The zero-order valence-electron chi connectivity index (χ0n) is 21.5. The Bertz CT molecular complexity index is 1750. The zero-order chi connectivity index (χ0) is 26.7. The highest BCUT2D eigenvalue weighted by molar-refractivity contribution is 6.30. The van der Waals surface area contributed by atoms with Gasteiger partial charge in [0.25, 0.3) is 5.91 Å². The van der Waals surface area contributed by atoms with Gasteiger partial charge in [-0.05, 0) is 78.8 Å². The number of amides is 2. The van der Waals surface area contributed by atoms with Crippen LogP contribution in [0, 0.1) is 5.92 Å². The average molecular weight is 539 g/mol. The fourth-order valence-corrected chi connectivity index (χ4v) is 5.74. The Morgan fingerprint density at radius 2 is 1.79 bits per heavy atom. The smallest absolute Gasteiger partial charge is 0.256 e. The van der Waals surface area contributed by atoms with Crippen LogP contribution in [0.5, 0.6) is 0 Å². The number of aryl methyl sites for hydroxylation is 1. The van der Waals surface area contributed by atoms with Crippen LogP contribution in [-0.4, -0.2) is 42.4 Å². The van der Waals surface area contributed by atoms with E-state index < -0.39 is 0 Å². The molecule has 0 unspecified atom stereocenters. The van der Waals surface area contributed by atoms with E-state index in [0.717, 1.165) is 59.8 Å². The standard InChI is InChI=1S/C30H27ClN6O2/c1-35-17-24(29(39)36-13-2-3-25(36)18-6-9-22(31)10-7-18)23-15-20(8-11-26(23)35)21-12-14-37-27(16-21)32-30(34-37)33-28(38)19-4-5-19/h6-12,14-17,19,25H,2-5,13H2,1H3,(H,33,34,38)/t25-/m0/s1. The van der Waals surface area contributed by atoms with Crippen LogP contribution in [-0.2, 0) is 11.8 Å². The second kappa shape index (κ2) is 9.24. The maximum Gasteiger partial charge on any atom is 0.256 e. The number of pyridine rings is 1. The first-order chi connectivity index (χ1) is 18.9. The van der Waals surface area contributed by atoms with Gasteiger partial charge < -0.3 is 9.47 Å². The Morgan fingerprint density at radius 3 is 2.59 bits per heavy atom. The fraction of sp³-hybridized carbons (Fsp3) is 0.267. The molecule has 2 fully saturated rings. The number of nitrogens with one attached hydrogen (secondary N) is 1. The van der Waals surface area contributed by atoms with Gasteiger partial charge in [-0.25, -0.2) is 4.52 Å². The highest BCUT2D eigenvalue weighted by Gasteiger charge is 2.32. The molecule has 0 spiro atoms. The quantitative estimate of drug-likeness (QED) is 0.303. The van der Waals surface area contributed by atoms with Crippen LogP contribution in [0.25, 0.3) is 27.7 Å². The van der Waals surface area contributed by atoms with Gasteiger partial charge in [0.1, 0.15) is 0 Å². The first-order valence-electron chi connectivity index (χ1n) is 13.3. The lowest BCUT2D eigenvalue weighted by Crippen LogP contribution is -2.30. The van der Waals surface area contributed by atoms with Crippen LogP contribution in [0.3, 0.4) is 0 Å². The zero-order valence-corrected chi connectivity index (χ0v) is 22.2. The normalized spacial score (nSPS) is 17.3. The molecule has 196 valence electrons. The summed E-state index contributed by atoms with van der Waals surface area (Å²) in [6.07, 6.45) is 7.53. The van der Waals surface area contributed by atoms with Crippen LogP contribution in [0.15, 0.2) is 67.0 Å². The van der Waals surface area contributed by atoms with Crippen molar-refractivity contribution in [2.24, 2.45) is 13.0 Å². The van der Waals surface area contributed by atoms with E-state index in [2.05, 4.69) is 33.6 Å². The SMILES string of the molecule is Cn1cc(C(=O)N2CCC[C@H]2c2ccc(Cl)cc2)c2cc(-c3ccn4nc(NC(=O)C5CC5)nc4c3)ccc21. The number of likely N-dealkylation sites (tertiary alicyclic amines) is 1. The van der Waals surface area contributed by atoms with Crippen LogP contribution in [0.2, 0.25) is 5.02 Å². The lowest BCUT2D eigenvalue weighted by atomic mass is 10.0. The highest BCUT2D eigenvalue weighted by Crippen LogP contribution is 2.36. The number of benzene rings is 2. The van der Waals surface area contributed by atoms with E-state index >= 15 is 0 Å². The number of fused-ring (bicyclic) bond motifs is 2. The van der Waals surface area contributed by atoms with Crippen LogP contribution in [0.1, 0.15) is 47.6 Å². The molecule has 3 aromatic heterocycles. The second-order valence-electron chi connectivity index (χ2n) is 10.5. The molecule has 2 aromatic carbocycles. The first kappa shape index (κ1) is 23.9. The molecule has 8 nitrogen and oxygen atoms in total. The van der Waals surface area contributed by atoms with E-state index in [1.807, 2.05) is 65.3 Å². The summed E-state index contributed by atoms with van der Waals surface area (Å²) in [4.78, 5) is 32.5. The minimum atomic E-state index is -0.0193. The predicted octanol–water partition coefficient (Wildman–Crippen LogP) is 5.87. The molecule has 2 amide bonds. The van der Waals surface area contributed by atoms with Gasteiger partial charge in [-0.15, -0.1) is 5.10 Å². The molecule has 0 bridgehead atoms. The van der Waals surface area contributed by atoms with Gasteiger partial charge in [-0.3, -0.25) is 14.9 Å². The summed E-state index contributed by atoms with van der Waals surface area (Å²) in [5.74, 6) is 0.424. The molecule has 5 aromatic rings. The Labute approximate surface area is 230 Å². The Balaban J connectivity index is 1.21. The van der Waals surface area contributed by atoms with Gasteiger partial charge in [0.15, 0.2) is 5.65 Å². The van der Waals surface area contributed by atoms with E-state index in [0.29, 0.717) is 22.2 Å². The van der Waals surface area contributed by atoms with Crippen molar-refractivity contribution in [2.45, 2.75) is 31.7 Å². The van der Waals surface area contributed by atoms with Gasteiger partial charge in [-0.1, -0.05) is 29.8 Å². The van der Waals surface area contributed by atoms with Gasteiger partial charge in [-0.2, -0.15) is 4.98 Å². The molecule has 1 aliphatic carbocycles. The number of carbonyl (C=O) groups excluding carboxylic acids is 2. The molecule has 39 heavy (non-hydrogen) atoms. The van der Waals surface area contributed by atoms with Crippen molar-refractivity contribution < 1.29 is 9.59 Å². The van der Waals surface area contributed by atoms with Crippen molar-refractivity contribution in [2.75, 3.05) is 11.9 Å². The fourth-order valence-electron chi connectivity index (χ4n) is 5.61. The van der Waals surface area contributed by atoms with Crippen LogP contribution in [0.4, 0.5) is 5.95 Å². The second-order valence-corrected chi connectivity index (χ2v) is 10.9. The average Bonchev–Trinajstić information content (AvgIpc) is 3.40. The number of hydrogen-bond acceptors (Lipinski definition) is 4. The van der Waals surface area contributed by atoms with Crippen molar-refractivity contribution in [1.82, 2.24) is 24.1 Å². The number of rotatable bonds is 5. The van der Waals surface area contributed by atoms with Crippen LogP contribution >= 0.6 is 11.6 Å². The van der Waals surface area contributed by atoms with Crippen molar-refractivity contribution in [1.29, 1.82) is 0 Å². The molecule has 2 aliphatic rings. The van der Waals surface area contributed by atoms with Gasteiger partial charge in [0.2, 0.25) is 11.9 Å². The molecule has 1 atom stereocenters. The maximum atomic E-state index is 13.9. The lowest BCUT2D eigenvalue weighted by Gasteiger charge is -2.25. The van der Waals surface area contributed by atoms with E-state index in [4.69, 9.17) is 11.6 Å². The molecule has 7 rings (SSSR count). The van der Waals surface area contributed by atoms with E-state index in [1.165, 1.54) is 0 Å². The summed E-state index contributed by atoms with van der Waals surface area (Å²) in [5, 5.41) is 8.80. The summed E-state index contributed by atoms with van der Waals surface area (Å²) >= 11 is 6.10. The Morgan fingerprint density at radius 1 is 1.00 bits per heavy atom. The van der Waals surface area contributed by atoms with Crippen molar-refractivity contribution in [3.63, 3.8) is 0 Å². The minimum absolute atomic E-state index is 0.0193. The monoisotopic (exact) mass is 538 g/mol. The third-order valence-corrected chi connectivity index (χ3v) is 8.09. The summed E-state index contributed by atoms with van der Waals surface area (Å²) in [7, 11) is 1.97. The third-order valence-electron chi connectivity index (χ3n) is 7.84. The number of halogens is 1. The van der Waals surface area contributed by atoms with Crippen molar-refractivity contribution >= 4 is 45.9 Å². The summed E-state index contributed by atoms with van der Waals surface area (Å²) < 4.78 is 3.67. The Hall–Kier alpha value is -4.17.